The van der Waals surface area contributed by atoms with Crippen molar-refractivity contribution in [1.29, 1.82) is 0 Å². The molecule has 1 radical (unpaired) electrons. The minimum absolute atomic E-state index is 0. The molecule has 0 spiro atoms. The van der Waals surface area contributed by atoms with E-state index in [9.17, 15) is 4.39 Å². The van der Waals surface area contributed by atoms with Crippen LogP contribution in [-0.4, -0.2) is 23.2 Å². The predicted octanol–water partition coefficient (Wildman–Crippen LogP) is 12.9. The molecule has 0 saturated heterocycles. The third-order valence-corrected chi connectivity index (χ3v) is 13.8. The third kappa shape index (κ3) is 7.44. The number of rotatable bonds is 4. The predicted molar refractivity (Wildman–Crippen MR) is 222 cm³/mol. The number of benzene rings is 6. The molecule has 0 aliphatic rings. The summed E-state index contributed by atoms with van der Waals surface area (Å²) in [5, 5.41) is 4.85. The van der Waals surface area contributed by atoms with E-state index >= 15 is 8.78 Å². The molecular weight excluding hydrogens is 942 g/mol. The molecule has 56 heavy (non-hydrogen) atoms. The second-order valence-corrected chi connectivity index (χ2v) is 24.9. The van der Waals surface area contributed by atoms with Crippen molar-refractivity contribution in [2.75, 3.05) is 0 Å². The molecule has 0 N–H and O–H groups in total. The van der Waals surface area contributed by atoms with E-state index in [4.69, 9.17) is 16.8 Å². The molecule has 0 saturated carbocycles. The summed E-state index contributed by atoms with van der Waals surface area (Å²) in [4.78, 5) is 8.37. The first kappa shape index (κ1) is 29.2. The Morgan fingerprint density at radius 2 is 1.39 bits per heavy atom. The van der Waals surface area contributed by atoms with E-state index in [0.29, 0.717) is 33.6 Å². The molecule has 9 aromatic rings. The zero-order valence-corrected chi connectivity index (χ0v) is 34.7. The molecule has 0 atom stereocenters. The zero-order chi connectivity index (χ0) is 46.1. The fourth-order valence-corrected chi connectivity index (χ4v) is 9.03. The number of halogens is 3. The third-order valence-electron chi connectivity index (χ3n) is 9.57. The zero-order valence-electron chi connectivity index (χ0n) is 39.2. The van der Waals surface area contributed by atoms with Gasteiger partial charge in [0.15, 0.2) is 0 Å². The van der Waals surface area contributed by atoms with Crippen LogP contribution in [0.2, 0.25) is 17.3 Å². The van der Waals surface area contributed by atoms with Gasteiger partial charge in [0.25, 0.3) is 0 Å². The van der Waals surface area contributed by atoms with Crippen molar-refractivity contribution in [1.82, 2.24) is 9.97 Å². The van der Waals surface area contributed by atoms with E-state index in [1.807, 2.05) is 36.4 Å². The minimum Gasteiger partial charge on any atom is -0.0751 e. The van der Waals surface area contributed by atoms with Crippen LogP contribution in [0.1, 0.15) is 29.0 Å². The maximum Gasteiger partial charge on any atom is 0.0279 e. The molecule has 3 aromatic heterocycles. The Balaban J connectivity index is 0.000000295. The Morgan fingerprint density at radius 3 is 2.09 bits per heavy atom. The van der Waals surface area contributed by atoms with Crippen molar-refractivity contribution in [2.45, 2.75) is 37.8 Å². The summed E-state index contributed by atoms with van der Waals surface area (Å²) in [5.74, 6) is 4.76. The number of aryl methyl sites for hydroxylation is 3. The first-order valence-corrected chi connectivity index (χ1v) is 24.7. The molecule has 8 heteroatoms. The van der Waals surface area contributed by atoms with Gasteiger partial charge in [-0.25, -0.2) is 0 Å². The van der Waals surface area contributed by atoms with Crippen LogP contribution in [-0.2, 0) is 20.1 Å². The van der Waals surface area contributed by atoms with E-state index in [1.165, 1.54) is 42.6 Å². The van der Waals surface area contributed by atoms with E-state index in [1.54, 1.807) is 30.3 Å². The Bertz CT molecular complexity index is 3230. The first-order valence-electron chi connectivity index (χ1n) is 21.9. The summed E-state index contributed by atoms with van der Waals surface area (Å²) in [6, 6.07) is 33.9. The average molecular weight is 989 g/mol. The largest absolute Gasteiger partial charge is 0.0751 e. The van der Waals surface area contributed by atoms with E-state index in [2.05, 4.69) is 39.4 Å². The SMILES string of the molecule is [2H]C([2H])([2H])c1ccc(-c2[c-]cc(F)cc2)nc1.[2H]C([2H])([2H])c1cnc(-c2[c-]ccc3c2oc2c3ccc3ccc4cc(-c5c(F)c[c]([Ge]([CH3])([CH3])[CH3])cc5F)ccc4c32)cc1C([2H])([2H])[2H].[Ir]. The normalized spacial score (nSPS) is 14.6. The quantitative estimate of drug-likeness (QED) is 0.100. The van der Waals surface area contributed by atoms with Gasteiger partial charge in [0.1, 0.15) is 0 Å². The maximum atomic E-state index is 15.4. The van der Waals surface area contributed by atoms with E-state index in [-0.39, 0.29) is 53.9 Å². The molecular formula is C48H37F3GeIrN2O-2. The molecule has 0 bridgehead atoms. The fourth-order valence-electron chi connectivity index (χ4n) is 6.68. The molecule has 0 amide bonds. The Kier molecular flexibility index (Phi) is 8.06. The molecule has 9 rings (SSSR count). The van der Waals surface area contributed by atoms with Gasteiger partial charge in [-0.2, -0.15) is 0 Å². The van der Waals surface area contributed by atoms with Crippen molar-refractivity contribution in [2.24, 2.45) is 0 Å². The van der Waals surface area contributed by atoms with Crippen molar-refractivity contribution in [3.05, 3.63) is 162 Å². The summed E-state index contributed by atoms with van der Waals surface area (Å²) in [6.45, 7) is -7.49. The van der Waals surface area contributed by atoms with Crippen LogP contribution in [0.15, 0.2) is 120 Å². The summed E-state index contributed by atoms with van der Waals surface area (Å²) in [7, 11) is 0. The van der Waals surface area contributed by atoms with Crippen LogP contribution < -0.4 is 4.40 Å². The van der Waals surface area contributed by atoms with Gasteiger partial charge in [0.05, 0.1) is 0 Å². The standard InChI is InChI=1S/C36H28F2GeNO.C12H9FN.Ir/c1-20-15-32(40-19-21(20)2)29-8-6-7-27-28-14-11-22-9-10-23-16-24(12-13-26(23)33(22)36(28)41-35(27)29)34-30(37)17-25(18-31(34)38)39(3,4)5;1-9-2-7-12(14-8-9)10-3-5-11(13)6-4-10;/h6-7,9-19H,1-5H3;2-3,5-8H,1H3;/q2*-1;/i1D3,2D3;1D3;. The van der Waals surface area contributed by atoms with Gasteiger partial charge in [-0.15, -0.1) is 48.0 Å². The van der Waals surface area contributed by atoms with Gasteiger partial charge in [0.2, 0.25) is 0 Å². The summed E-state index contributed by atoms with van der Waals surface area (Å²) >= 11 is -2.46. The first-order chi connectivity index (χ1) is 30.0. The van der Waals surface area contributed by atoms with E-state index < -0.39 is 45.5 Å². The second kappa shape index (κ2) is 15.5. The maximum absolute atomic E-state index is 15.4. The van der Waals surface area contributed by atoms with Crippen molar-refractivity contribution < 1.29 is 50.0 Å². The molecule has 0 aliphatic heterocycles. The monoisotopic (exact) mass is 990 g/mol. The average Bonchev–Trinajstić information content (AvgIpc) is 3.61. The molecule has 0 aliphatic carbocycles. The minimum atomic E-state index is -2.68. The van der Waals surface area contributed by atoms with Crippen molar-refractivity contribution >= 4 is 61.1 Å². The smallest absolute Gasteiger partial charge is 0.0279 e. The van der Waals surface area contributed by atoms with Crippen LogP contribution in [0.4, 0.5) is 13.2 Å². The van der Waals surface area contributed by atoms with Gasteiger partial charge in [0, 0.05) is 50.7 Å². The fraction of sp³-hybridized carbons (Fsp3) is 0.125. The number of nitrogens with zero attached hydrogens (tertiary/aromatic N) is 2. The number of furan rings is 1. The van der Waals surface area contributed by atoms with Crippen LogP contribution in [0.5, 0.6) is 0 Å². The molecule has 0 unspecified atom stereocenters. The Morgan fingerprint density at radius 1 is 0.661 bits per heavy atom. The van der Waals surface area contributed by atoms with Crippen LogP contribution in [0.3, 0.4) is 0 Å². The van der Waals surface area contributed by atoms with Crippen LogP contribution in [0, 0.1) is 50.1 Å². The molecule has 281 valence electrons. The Hall–Kier alpha value is -5.08. The molecule has 0 fully saturated rings. The van der Waals surface area contributed by atoms with Gasteiger partial charge >= 0.3 is 169 Å². The summed E-state index contributed by atoms with van der Waals surface area (Å²) in [5.41, 5.74) is 2.73. The number of pyridine rings is 2. The number of hydrogen-bond acceptors (Lipinski definition) is 3. The van der Waals surface area contributed by atoms with E-state index in [0.717, 1.165) is 42.9 Å². The Labute approximate surface area is 353 Å². The molecule has 3 nitrogen and oxygen atoms in total. The van der Waals surface area contributed by atoms with Gasteiger partial charge in [-0.1, -0.05) is 29.3 Å². The number of hydrogen-bond donors (Lipinski definition) is 0. The van der Waals surface area contributed by atoms with Gasteiger partial charge in [-0.05, 0) is 43.1 Å². The van der Waals surface area contributed by atoms with Crippen molar-refractivity contribution in [3.8, 4) is 33.6 Å². The summed E-state index contributed by atoms with van der Waals surface area (Å²) in [6.07, 6.45) is 2.39. The number of fused-ring (bicyclic) bond motifs is 7. The number of aromatic nitrogens is 2. The van der Waals surface area contributed by atoms with Crippen molar-refractivity contribution in [3.63, 3.8) is 0 Å². The molecule has 3 heterocycles. The van der Waals surface area contributed by atoms with Gasteiger partial charge < -0.3 is 9.97 Å². The molecule has 6 aromatic carbocycles. The van der Waals surface area contributed by atoms with Crippen LogP contribution in [0.25, 0.3) is 77.1 Å². The second-order valence-electron chi connectivity index (χ2n) is 14.3. The topological polar surface area (TPSA) is 38.9 Å². The summed E-state index contributed by atoms with van der Waals surface area (Å²) < 4.78 is 120. The van der Waals surface area contributed by atoms with Crippen LogP contribution >= 0.6 is 0 Å². The van der Waals surface area contributed by atoms with Gasteiger partial charge in [-0.3, -0.25) is 4.39 Å².